The fourth-order valence-electron chi connectivity index (χ4n) is 1.42. The SMILES string of the molecule is CCCCP(CCCC)CC(=O)OCC. The van der Waals surface area contributed by atoms with Crippen LogP contribution in [0.25, 0.3) is 0 Å². The molecule has 0 aliphatic carbocycles. The Bertz CT molecular complexity index is 152. The Morgan fingerprint density at radius 3 is 2.00 bits per heavy atom. The van der Waals surface area contributed by atoms with Crippen LogP contribution in [0.4, 0.5) is 0 Å². The number of rotatable bonds is 9. The molecule has 0 aliphatic rings. The van der Waals surface area contributed by atoms with Gasteiger partial charge in [-0.2, -0.15) is 0 Å². The first-order valence-electron chi connectivity index (χ1n) is 6.12. The van der Waals surface area contributed by atoms with Crippen LogP contribution in [0.15, 0.2) is 0 Å². The molecule has 0 aliphatic heterocycles. The Balaban J connectivity index is 3.82. The summed E-state index contributed by atoms with van der Waals surface area (Å²) in [6.07, 6.45) is 8.14. The van der Waals surface area contributed by atoms with E-state index in [9.17, 15) is 4.79 Å². The second-order valence-corrected chi connectivity index (χ2v) is 6.34. The van der Waals surface area contributed by atoms with Crippen LogP contribution in [-0.2, 0) is 9.53 Å². The van der Waals surface area contributed by atoms with Crippen molar-refractivity contribution in [3.05, 3.63) is 0 Å². The van der Waals surface area contributed by atoms with Gasteiger partial charge >= 0.3 is 5.97 Å². The fraction of sp³-hybridized carbons (Fsp3) is 0.917. The molecule has 0 spiro atoms. The quantitative estimate of drug-likeness (QED) is 0.448. The smallest absolute Gasteiger partial charge is 0.310 e. The summed E-state index contributed by atoms with van der Waals surface area (Å²) in [6, 6.07) is 0. The van der Waals surface area contributed by atoms with Crippen LogP contribution in [0.2, 0.25) is 0 Å². The molecule has 2 nitrogen and oxygen atoms in total. The van der Waals surface area contributed by atoms with Crippen molar-refractivity contribution in [1.82, 2.24) is 0 Å². The molecular weight excluding hydrogens is 207 g/mol. The first-order chi connectivity index (χ1) is 7.24. The van der Waals surface area contributed by atoms with Crippen LogP contribution in [0.5, 0.6) is 0 Å². The lowest BCUT2D eigenvalue weighted by Gasteiger charge is -2.15. The molecule has 0 rings (SSSR count). The summed E-state index contributed by atoms with van der Waals surface area (Å²) >= 11 is 0. The van der Waals surface area contributed by atoms with E-state index in [0.29, 0.717) is 12.8 Å². The predicted octanol–water partition coefficient (Wildman–Crippen LogP) is 3.63. The average Bonchev–Trinajstić information content (AvgIpc) is 2.22. The minimum Gasteiger partial charge on any atom is -0.466 e. The van der Waals surface area contributed by atoms with Gasteiger partial charge in [0.25, 0.3) is 0 Å². The average molecular weight is 232 g/mol. The maximum atomic E-state index is 11.4. The Kier molecular flexibility index (Phi) is 10.3. The highest BCUT2D eigenvalue weighted by atomic mass is 31.1. The standard InChI is InChI=1S/C12H25O2P/c1-4-7-9-15(10-8-5-2)11-12(13)14-6-3/h4-11H2,1-3H3. The van der Waals surface area contributed by atoms with Gasteiger partial charge in [-0.1, -0.05) is 34.6 Å². The summed E-state index contributed by atoms with van der Waals surface area (Å²) in [4.78, 5) is 11.4. The van der Waals surface area contributed by atoms with Gasteiger partial charge in [0.1, 0.15) is 0 Å². The highest BCUT2D eigenvalue weighted by Gasteiger charge is 2.12. The number of carbonyl (C=O) groups excluding carboxylic acids is 1. The minimum atomic E-state index is -0.0979. The van der Waals surface area contributed by atoms with Gasteiger partial charge in [-0.05, 0) is 32.1 Å². The van der Waals surface area contributed by atoms with Gasteiger partial charge in [0.2, 0.25) is 0 Å². The van der Waals surface area contributed by atoms with E-state index in [1.54, 1.807) is 0 Å². The number of ether oxygens (including phenoxy) is 1. The first kappa shape index (κ1) is 14.9. The molecule has 0 amide bonds. The molecule has 3 heteroatoms. The predicted molar refractivity (Wildman–Crippen MR) is 68.0 cm³/mol. The third-order valence-corrected chi connectivity index (χ3v) is 4.92. The molecule has 0 aromatic rings. The number of hydrogen-bond acceptors (Lipinski definition) is 2. The fourth-order valence-corrected chi connectivity index (χ4v) is 3.95. The lowest BCUT2D eigenvalue weighted by atomic mass is 10.4. The van der Waals surface area contributed by atoms with Crippen molar-refractivity contribution in [3.8, 4) is 0 Å². The molecule has 0 heterocycles. The Morgan fingerprint density at radius 2 is 1.60 bits per heavy atom. The summed E-state index contributed by atoms with van der Waals surface area (Å²) in [6.45, 7) is 6.80. The van der Waals surface area contributed by atoms with Crippen molar-refractivity contribution in [2.45, 2.75) is 46.5 Å². The van der Waals surface area contributed by atoms with Crippen LogP contribution >= 0.6 is 7.92 Å². The lowest BCUT2D eigenvalue weighted by Crippen LogP contribution is -2.10. The molecule has 0 radical (unpaired) electrons. The van der Waals surface area contributed by atoms with E-state index in [0.717, 1.165) is 0 Å². The van der Waals surface area contributed by atoms with Crippen molar-refractivity contribution in [1.29, 1.82) is 0 Å². The van der Waals surface area contributed by atoms with Crippen LogP contribution in [0, 0.1) is 0 Å². The number of unbranched alkanes of at least 4 members (excludes halogenated alkanes) is 2. The zero-order valence-corrected chi connectivity index (χ0v) is 11.3. The van der Waals surface area contributed by atoms with Crippen molar-refractivity contribution in [3.63, 3.8) is 0 Å². The molecule has 0 aromatic heterocycles. The number of carbonyl (C=O) groups is 1. The van der Waals surface area contributed by atoms with Gasteiger partial charge in [-0.15, -0.1) is 0 Å². The van der Waals surface area contributed by atoms with Crippen LogP contribution in [-0.4, -0.2) is 31.1 Å². The van der Waals surface area contributed by atoms with Gasteiger partial charge in [-0.25, -0.2) is 0 Å². The van der Waals surface area contributed by atoms with Gasteiger partial charge in [0.15, 0.2) is 0 Å². The summed E-state index contributed by atoms with van der Waals surface area (Å²) in [5, 5.41) is 0. The van der Waals surface area contributed by atoms with E-state index in [1.807, 2.05) is 6.92 Å². The molecular formula is C12H25O2P. The largest absolute Gasteiger partial charge is 0.466 e. The third kappa shape index (κ3) is 8.87. The molecule has 0 unspecified atom stereocenters. The maximum Gasteiger partial charge on any atom is 0.310 e. The molecule has 0 bridgehead atoms. The molecule has 15 heavy (non-hydrogen) atoms. The van der Waals surface area contributed by atoms with Crippen LogP contribution in [0.1, 0.15) is 46.5 Å². The molecule has 0 saturated heterocycles. The normalized spacial score (nSPS) is 10.7. The zero-order chi connectivity index (χ0) is 11.5. The van der Waals surface area contributed by atoms with Gasteiger partial charge in [0.05, 0.1) is 12.8 Å². The van der Waals surface area contributed by atoms with E-state index < -0.39 is 0 Å². The third-order valence-electron chi connectivity index (χ3n) is 2.31. The minimum absolute atomic E-state index is 0.0100. The van der Waals surface area contributed by atoms with E-state index in [4.69, 9.17) is 4.74 Å². The molecule has 90 valence electrons. The van der Waals surface area contributed by atoms with E-state index in [2.05, 4.69) is 13.8 Å². The lowest BCUT2D eigenvalue weighted by molar-refractivity contribution is -0.139. The van der Waals surface area contributed by atoms with Crippen LogP contribution < -0.4 is 0 Å². The molecule has 0 aromatic carbocycles. The number of esters is 1. The van der Waals surface area contributed by atoms with Crippen molar-refractivity contribution >= 4 is 13.9 Å². The maximum absolute atomic E-state index is 11.4. The topological polar surface area (TPSA) is 26.3 Å². The van der Waals surface area contributed by atoms with E-state index >= 15 is 0 Å². The number of hydrogen-bond donors (Lipinski definition) is 0. The summed E-state index contributed by atoms with van der Waals surface area (Å²) in [5.74, 6) is 0.0100. The highest BCUT2D eigenvalue weighted by molar-refractivity contribution is 7.58. The second kappa shape index (κ2) is 10.4. The van der Waals surface area contributed by atoms with Gasteiger partial charge in [-0.3, -0.25) is 4.79 Å². The van der Waals surface area contributed by atoms with Crippen molar-refractivity contribution in [2.75, 3.05) is 25.1 Å². The highest BCUT2D eigenvalue weighted by Crippen LogP contribution is 2.37. The molecule has 0 N–H and O–H groups in total. The van der Waals surface area contributed by atoms with E-state index in [1.165, 1.54) is 38.0 Å². The first-order valence-corrected chi connectivity index (χ1v) is 8.02. The summed E-state index contributed by atoms with van der Waals surface area (Å²) in [7, 11) is -0.0979. The van der Waals surface area contributed by atoms with Crippen molar-refractivity contribution in [2.24, 2.45) is 0 Å². The molecule has 0 saturated carbocycles. The van der Waals surface area contributed by atoms with Gasteiger partial charge in [0, 0.05) is 0 Å². The Hall–Kier alpha value is -0.100. The van der Waals surface area contributed by atoms with Crippen molar-refractivity contribution < 1.29 is 9.53 Å². The zero-order valence-electron chi connectivity index (χ0n) is 10.4. The monoisotopic (exact) mass is 232 g/mol. The summed E-state index contributed by atoms with van der Waals surface area (Å²) in [5.41, 5.74) is 0. The van der Waals surface area contributed by atoms with E-state index in [-0.39, 0.29) is 13.9 Å². The van der Waals surface area contributed by atoms with Crippen LogP contribution in [0.3, 0.4) is 0 Å². The summed E-state index contributed by atoms with van der Waals surface area (Å²) < 4.78 is 5.01. The Morgan fingerprint density at radius 1 is 1.07 bits per heavy atom. The van der Waals surface area contributed by atoms with Gasteiger partial charge < -0.3 is 4.74 Å². The molecule has 0 atom stereocenters. The Labute approximate surface area is 95.5 Å². The molecule has 0 fully saturated rings. The second-order valence-electron chi connectivity index (χ2n) is 3.79.